The average molecular weight is 261 g/mol. The maximum atomic E-state index is 12.0. The van der Waals surface area contributed by atoms with Crippen LogP contribution in [0.2, 0.25) is 0 Å². The molecule has 18 heavy (non-hydrogen) atoms. The Morgan fingerprint density at radius 1 is 1.33 bits per heavy atom. The molecule has 0 aliphatic heterocycles. The number of rotatable bonds is 3. The smallest absolute Gasteiger partial charge is 0.387 e. The molecule has 3 nitrogen and oxygen atoms in total. The number of benzene rings is 1. The Morgan fingerprint density at radius 2 is 1.83 bits per heavy atom. The van der Waals surface area contributed by atoms with Crippen molar-refractivity contribution in [1.82, 2.24) is 5.32 Å². The molecule has 0 aliphatic rings. The van der Waals surface area contributed by atoms with Crippen molar-refractivity contribution in [2.75, 3.05) is 6.54 Å². The van der Waals surface area contributed by atoms with Gasteiger partial charge in [0, 0.05) is 6.54 Å². The Balaban J connectivity index is 2.72. The number of carbonyl (C=O) groups excluding carboxylic acids is 1. The van der Waals surface area contributed by atoms with Crippen molar-refractivity contribution in [2.45, 2.75) is 26.1 Å². The lowest BCUT2D eigenvalue weighted by Gasteiger charge is -2.17. The van der Waals surface area contributed by atoms with Gasteiger partial charge in [-0.3, -0.25) is 4.79 Å². The second-order valence-corrected chi connectivity index (χ2v) is 4.03. The molecule has 0 saturated heterocycles. The molecule has 0 aromatic heterocycles. The molecular formula is C12H14F3NO2. The number of aliphatic hydroxyl groups excluding tert-OH is 1. The first-order chi connectivity index (χ1) is 8.23. The molecule has 1 aromatic rings. The first-order valence-electron chi connectivity index (χ1n) is 5.32. The minimum absolute atomic E-state index is 0.468. The number of carbonyl (C=O) groups is 1. The Labute approximate surface area is 103 Å². The van der Waals surface area contributed by atoms with E-state index in [-0.39, 0.29) is 0 Å². The van der Waals surface area contributed by atoms with E-state index in [1.807, 2.05) is 0 Å². The van der Waals surface area contributed by atoms with Gasteiger partial charge in [-0.1, -0.05) is 18.2 Å². The number of aliphatic hydroxyl groups is 1. The van der Waals surface area contributed by atoms with Crippen LogP contribution in [0.15, 0.2) is 18.2 Å². The Hall–Kier alpha value is -1.56. The van der Waals surface area contributed by atoms with Crippen LogP contribution in [-0.2, 0) is 4.79 Å². The van der Waals surface area contributed by atoms with E-state index >= 15 is 0 Å². The molecule has 1 aromatic carbocycles. The fraction of sp³-hybridized carbons (Fsp3) is 0.417. The lowest BCUT2D eigenvalue weighted by Crippen LogP contribution is -2.39. The highest BCUT2D eigenvalue weighted by molar-refractivity contribution is 5.81. The number of hydrogen-bond donors (Lipinski definition) is 2. The van der Waals surface area contributed by atoms with Crippen molar-refractivity contribution < 1.29 is 23.1 Å². The summed E-state index contributed by atoms with van der Waals surface area (Å²) in [5.41, 5.74) is 2.08. The molecule has 0 aliphatic carbocycles. The van der Waals surface area contributed by atoms with Crippen LogP contribution in [0.5, 0.6) is 0 Å². The summed E-state index contributed by atoms with van der Waals surface area (Å²) in [6.45, 7) is 3.03. The van der Waals surface area contributed by atoms with Gasteiger partial charge in [0.2, 0.25) is 0 Å². The van der Waals surface area contributed by atoms with Gasteiger partial charge in [-0.2, -0.15) is 13.2 Å². The van der Waals surface area contributed by atoms with E-state index in [0.29, 0.717) is 5.56 Å². The molecule has 100 valence electrons. The molecule has 1 rings (SSSR count). The van der Waals surface area contributed by atoms with E-state index in [4.69, 9.17) is 0 Å². The zero-order chi connectivity index (χ0) is 13.9. The van der Waals surface area contributed by atoms with Crippen LogP contribution in [0.4, 0.5) is 13.2 Å². The highest BCUT2D eigenvalue weighted by Gasteiger charge is 2.38. The van der Waals surface area contributed by atoms with Gasteiger partial charge in [0.25, 0.3) is 0 Å². The van der Waals surface area contributed by atoms with Crippen LogP contribution in [0.1, 0.15) is 22.8 Å². The van der Waals surface area contributed by atoms with Crippen LogP contribution >= 0.6 is 0 Å². The van der Waals surface area contributed by atoms with Crippen LogP contribution < -0.4 is 5.32 Å². The van der Waals surface area contributed by atoms with Crippen molar-refractivity contribution in [3.05, 3.63) is 34.9 Å². The van der Waals surface area contributed by atoms with Crippen molar-refractivity contribution >= 4 is 5.91 Å². The summed E-state index contributed by atoms with van der Waals surface area (Å²) in [6, 6.07) is 5.28. The molecule has 6 heteroatoms. The summed E-state index contributed by atoms with van der Waals surface area (Å²) >= 11 is 0. The van der Waals surface area contributed by atoms with Gasteiger partial charge in [0.1, 0.15) is 0 Å². The quantitative estimate of drug-likeness (QED) is 0.874. The molecule has 1 amide bonds. The van der Waals surface area contributed by atoms with Crippen molar-refractivity contribution in [3.8, 4) is 0 Å². The minimum Gasteiger partial charge on any atom is -0.387 e. The molecule has 0 spiro atoms. The summed E-state index contributed by atoms with van der Waals surface area (Å²) in [7, 11) is 0. The van der Waals surface area contributed by atoms with Crippen LogP contribution in [0.3, 0.4) is 0 Å². The van der Waals surface area contributed by atoms with E-state index in [1.54, 1.807) is 37.4 Å². The Morgan fingerprint density at radius 3 is 2.28 bits per heavy atom. The summed E-state index contributed by atoms with van der Waals surface area (Å²) in [5, 5.41) is 11.5. The number of amides is 1. The molecule has 1 atom stereocenters. The molecule has 1 unspecified atom stereocenters. The van der Waals surface area contributed by atoms with Crippen LogP contribution in [0, 0.1) is 13.8 Å². The van der Waals surface area contributed by atoms with Gasteiger partial charge in [-0.25, -0.2) is 0 Å². The van der Waals surface area contributed by atoms with Gasteiger partial charge >= 0.3 is 12.1 Å². The van der Waals surface area contributed by atoms with Crippen LogP contribution in [-0.4, -0.2) is 23.7 Å². The molecule has 0 saturated carbocycles. The fourth-order valence-electron chi connectivity index (χ4n) is 1.74. The standard InChI is InChI=1S/C12H14F3NO2/c1-7-4-3-5-8(2)10(7)9(17)6-16-11(18)12(13,14)15/h3-5,9,17H,6H2,1-2H3,(H,16,18). The molecule has 0 radical (unpaired) electrons. The van der Waals surface area contributed by atoms with Gasteiger partial charge < -0.3 is 10.4 Å². The summed E-state index contributed by atoms with van der Waals surface area (Å²) in [6.07, 6.45) is -6.09. The first kappa shape index (κ1) is 14.5. The SMILES string of the molecule is Cc1cccc(C)c1C(O)CNC(=O)C(F)(F)F. The number of halogens is 3. The summed E-state index contributed by atoms with van der Waals surface area (Å²) in [5.74, 6) is -2.05. The number of alkyl halides is 3. The first-order valence-corrected chi connectivity index (χ1v) is 5.32. The normalized spacial score (nSPS) is 13.2. The highest BCUT2D eigenvalue weighted by Crippen LogP contribution is 2.21. The average Bonchev–Trinajstić information content (AvgIpc) is 2.24. The number of nitrogens with one attached hydrogen (secondary N) is 1. The third kappa shape index (κ3) is 3.46. The van der Waals surface area contributed by atoms with Gasteiger partial charge in [0.05, 0.1) is 6.10 Å². The largest absolute Gasteiger partial charge is 0.471 e. The monoisotopic (exact) mass is 261 g/mol. The van der Waals surface area contributed by atoms with E-state index in [0.717, 1.165) is 11.1 Å². The zero-order valence-electron chi connectivity index (χ0n) is 10.0. The lowest BCUT2D eigenvalue weighted by molar-refractivity contribution is -0.174. The number of hydrogen-bond acceptors (Lipinski definition) is 2. The maximum Gasteiger partial charge on any atom is 0.471 e. The van der Waals surface area contributed by atoms with Gasteiger partial charge in [-0.15, -0.1) is 0 Å². The topological polar surface area (TPSA) is 49.3 Å². The third-order valence-corrected chi connectivity index (χ3v) is 2.59. The van der Waals surface area contributed by atoms with Crippen LogP contribution in [0.25, 0.3) is 0 Å². The van der Waals surface area contributed by atoms with E-state index in [2.05, 4.69) is 0 Å². The predicted molar refractivity (Wildman–Crippen MR) is 59.9 cm³/mol. The molecule has 0 heterocycles. The van der Waals surface area contributed by atoms with Crippen molar-refractivity contribution in [2.24, 2.45) is 0 Å². The molecule has 0 fully saturated rings. The fourth-order valence-corrected chi connectivity index (χ4v) is 1.74. The summed E-state index contributed by atoms with van der Waals surface area (Å²) < 4.78 is 35.9. The molecule has 0 bridgehead atoms. The van der Waals surface area contributed by atoms with E-state index in [9.17, 15) is 23.1 Å². The Kier molecular flexibility index (Phi) is 4.34. The molecule has 2 N–H and O–H groups in total. The molecular weight excluding hydrogens is 247 g/mol. The lowest BCUT2D eigenvalue weighted by atomic mass is 9.98. The van der Waals surface area contributed by atoms with Gasteiger partial charge in [-0.05, 0) is 30.5 Å². The second kappa shape index (κ2) is 5.39. The zero-order valence-corrected chi connectivity index (χ0v) is 10.0. The maximum absolute atomic E-state index is 12.0. The minimum atomic E-state index is -4.93. The van der Waals surface area contributed by atoms with E-state index in [1.165, 1.54) is 0 Å². The second-order valence-electron chi connectivity index (χ2n) is 4.03. The Bertz CT molecular complexity index is 423. The van der Waals surface area contributed by atoms with Crippen molar-refractivity contribution in [1.29, 1.82) is 0 Å². The number of aryl methyl sites for hydroxylation is 2. The van der Waals surface area contributed by atoms with Crippen molar-refractivity contribution in [3.63, 3.8) is 0 Å². The summed E-state index contributed by atoms with van der Waals surface area (Å²) in [4.78, 5) is 10.6. The van der Waals surface area contributed by atoms with Gasteiger partial charge in [0.15, 0.2) is 0 Å². The third-order valence-electron chi connectivity index (χ3n) is 2.59. The van der Waals surface area contributed by atoms with E-state index < -0.39 is 24.7 Å². The predicted octanol–water partition coefficient (Wildman–Crippen LogP) is 2.02. The highest BCUT2D eigenvalue weighted by atomic mass is 19.4.